The Morgan fingerprint density at radius 2 is 1.93 bits per heavy atom. The van der Waals surface area contributed by atoms with E-state index in [-0.39, 0.29) is 5.41 Å². The van der Waals surface area contributed by atoms with Crippen LogP contribution in [-0.2, 0) is 11.8 Å². The maximum atomic E-state index is 5.77. The molecule has 2 aromatic carbocycles. The zero-order valence-electron chi connectivity index (χ0n) is 17.8. The number of benzene rings is 2. The van der Waals surface area contributed by atoms with Crippen LogP contribution in [0.4, 0.5) is 0 Å². The van der Waals surface area contributed by atoms with Crippen molar-refractivity contribution in [2.75, 3.05) is 7.11 Å². The summed E-state index contributed by atoms with van der Waals surface area (Å²) in [5.41, 5.74) is 7.76. The largest absolute Gasteiger partial charge is 0.497 e. The Kier molecular flexibility index (Phi) is 5.36. The molecule has 4 rings (SSSR count). The van der Waals surface area contributed by atoms with E-state index < -0.39 is 0 Å². The monoisotopic (exact) mass is 374 g/mol. The molecule has 0 saturated heterocycles. The van der Waals surface area contributed by atoms with Crippen LogP contribution in [0.25, 0.3) is 0 Å². The van der Waals surface area contributed by atoms with Gasteiger partial charge in [-0.25, -0.2) is 0 Å². The van der Waals surface area contributed by atoms with Crippen LogP contribution in [0.15, 0.2) is 54.6 Å². The summed E-state index contributed by atoms with van der Waals surface area (Å²) in [6.07, 6.45) is 8.69. The van der Waals surface area contributed by atoms with Gasteiger partial charge in [0.15, 0.2) is 0 Å². The standard InChI is InChI=1S/C27H34O/c1-19(2)16-22-11-10-21-13-15-27(3,14-12-20-8-6-5-7-9-20)25-18-23(28-4)17-24(22)26(21)25/h5-9,17-18,21-22H,1,10-16H2,2-4H3/t21-,22+,27-/m0/s1. The molecular weight excluding hydrogens is 340 g/mol. The zero-order valence-corrected chi connectivity index (χ0v) is 17.8. The van der Waals surface area contributed by atoms with Crippen LogP contribution in [-0.4, -0.2) is 7.11 Å². The highest BCUT2D eigenvalue weighted by atomic mass is 16.5. The van der Waals surface area contributed by atoms with Crippen LogP contribution in [0.1, 0.15) is 86.5 Å². The van der Waals surface area contributed by atoms with Gasteiger partial charge in [-0.15, -0.1) is 6.58 Å². The van der Waals surface area contributed by atoms with Crippen LogP contribution >= 0.6 is 0 Å². The molecule has 2 aliphatic rings. The molecule has 1 nitrogen and oxygen atoms in total. The first-order valence-electron chi connectivity index (χ1n) is 10.9. The van der Waals surface area contributed by atoms with Crippen LogP contribution in [0, 0.1) is 0 Å². The fourth-order valence-corrected chi connectivity index (χ4v) is 5.63. The summed E-state index contributed by atoms with van der Waals surface area (Å²) in [6.45, 7) is 8.86. The third-order valence-corrected chi connectivity index (χ3v) is 7.23. The van der Waals surface area contributed by atoms with Gasteiger partial charge < -0.3 is 4.74 Å². The Morgan fingerprint density at radius 1 is 1.14 bits per heavy atom. The molecule has 0 N–H and O–H groups in total. The molecule has 2 aromatic rings. The molecule has 1 heteroatoms. The molecule has 0 bridgehead atoms. The van der Waals surface area contributed by atoms with Crippen LogP contribution in [0.2, 0.25) is 0 Å². The average molecular weight is 375 g/mol. The Hall–Kier alpha value is -2.02. The minimum atomic E-state index is 0.232. The van der Waals surface area contributed by atoms with E-state index in [0.29, 0.717) is 5.92 Å². The Morgan fingerprint density at radius 3 is 2.64 bits per heavy atom. The second-order valence-corrected chi connectivity index (χ2v) is 9.40. The van der Waals surface area contributed by atoms with Crippen molar-refractivity contribution < 1.29 is 4.74 Å². The minimum Gasteiger partial charge on any atom is -0.497 e. The predicted molar refractivity (Wildman–Crippen MR) is 118 cm³/mol. The number of hydrogen-bond donors (Lipinski definition) is 0. The Bertz CT molecular complexity index is 850. The normalized spacial score (nSPS) is 25.8. The van der Waals surface area contributed by atoms with Gasteiger partial charge >= 0.3 is 0 Å². The van der Waals surface area contributed by atoms with E-state index >= 15 is 0 Å². The topological polar surface area (TPSA) is 9.23 Å². The predicted octanol–water partition coefficient (Wildman–Crippen LogP) is 7.31. The number of rotatable bonds is 6. The van der Waals surface area contributed by atoms with E-state index in [9.17, 15) is 0 Å². The lowest BCUT2D eigenvalue weighted by Crippen LogP contribution is -2.33. The SMILES string of the molecule is C=C(C)C[C@H]1CC[C@H]2CC[C@](C)(CCc3ccccc3)c3cc(OC)cc1c32. The molecule has 0 amide bonds. The van der Waals surface area contributed by atoms with Crippen molar-refractivity contribution in [2.45, 2.75) is 76.0 Å². The van der Waals surface area contributed by atoms with Crippen LogP contribution < -0.4 is 4.74 Å². The van der Waals surface area contributed by atoms with E-state index in [1.165, 1.54) is 43.2 Å². The summed E-state index contributed by atoms with van der Waals surface area (Å²) in [7, 11) is 1.81. The van der Waals surface area contributed by atoms with Gasteiger partial charge in [-0.1, -0.05) is 42.8 Å². The third-order valence-electron chi connectivity index (χ3n) is 7.23. The lowest BCUT2D eigenvalue weighted by molar-refractivity contribution is 0.311. The molecule has 0 aromatic heterocycles. The van der Waals surface area contributed by atoms with Gasteiger partial charge in [-0.05, 0) is 104 Å². The maximum absolute atomic E-state index is 5.77. The van der Waals surface area contributed by atoms with Crippen LogP contribution in [0.3, 0.4) is 0 Å². The van der Waals surface area contributed by atoms with Gasteiger partial charge in [0.25, 0.3) is 0 Å². The third kappa shape index (κ3) is 3.64. The number of methoxy groups -OCH3 is 1. The van der Waals surface area contributed by atoms with E-state index in [2.05, 4.69) is 62.9 Å². The lowest BCUT2D eigenvalue weighted by Gasteiger charge is -2.45. The first-order chi connectivity index (χ1) is 13.5. The molecule has 0 aliphatic heterocycles. The van der Waals surface area contributed by atoms with Crippen molar-refractivity contribution in [3.8, 4) is 5.75 Å². The number of hydrogen-bond acceptors (Lipinski definition) is 1. The molecule has 0 unspecified atom stereocenters. The summed E-state index contributed by atoms with van der Waals surface area (Å²) in [6, 6.07) is 15.6. The van der Waals surface area contributed by atoms with Crippen LogP contribution in [0.5, 0.6) is 5.75 Å². The highest BCUT2D eigenvalue weighted by Gasteiger charge is 2.40. The second kappa shape index (κ2) is 7.78. The fourth-order valence-electron chi connectivity index (χ4n) is 5.63. The van der Waals surface area contributed by atoms with Crippen molar-refractivity contribution in [3.63, 3.8) is 0 Å². The van der Waals surface area contributed by atoms with E-state index in [1.54, 1.807) is 16.7 Å². The summed E-state index contributed by atoms with van der Waals surface area (Å²) < 4.78 is 5.77. The molecule has 3 atom stereocenters. The van der Waals surface area contributed by atoms with Gasteiger partial charge in [0, 0.05) is 0 Å². The molecule has 0 saturated carbocycles. The molecular formula is C27H34O. The smallest absolute Gasteiger partial charge is 0.119 e. The Labute approximate surface area is 170 Å². The first-order valence-corrected chi connectivity index (χ1v) is 10.9. The van der Waals surface area contributed by atoms with Crippen molar-refractivity contribution >= 4 is 0 Å². The lowest BCUT2D eigenvalue weighted by atomic mass is 9.60. The highest BCUT2D eigenvalue weighted by Crippen LogP contribution is 2.54. The van der Waals surface area contributed by atoms with Gasteiger partial charge in [0.05, 0.1) is 7.11 Å². The van der Waals surface area contributed by atoms with E-state index in [1.807, 2.05) is 7.11 Å². The molecule has 148 valence electrons. The number of ether oxygens (including phenoxy) is 1. The van der Waals surface area contributed by atoms with Gasteiger partial charge in [-0.3, -0.25) is 0 Å². The quantitative estimate of drug-likeness (QED) is 0.482. The number of aryl methyl sites for hydroxylation is 1. The molecule has 2 aliphatic carbocycles. The zero-order chi connectivity index (χ0) is 19.7. The maximum Gasteiger partial charge on any atom is 0.119 e. The molecule has 28 heavy (non-hydrogen) atoms. The van der Waals surface area contributed by atoms with E-state index in [0.717, 1.165) is 24.5 Å². The molecule has 0 radical (unpaired) electrons. The highest BCUT2D eigenvalue weighted by molar-refractivity contribution is 5.52. The first kappa shape index (κ1) is 19.3. The second-order valence-electron chi connectivity index (χ2n) is 9.40. The summed E-state index contributed by atoms with van der Waals surface area (Å²) in [5.74, 6) is 2.38. The number of allylic oxidation sites excluding steroid dienone is 1. The summed E-state index contributed by atoms with van der Waals surface area (Å²) in [5, 5.41) is 0. The van der Waals surface area contributed by atoms with Crippen molar-refractivity contribution in [1.82, 2.24) is 0 Å². The molecule has 0 spiro atoms. The average Bonchev–Trinajstić information content (AvgIpc) is 2.71. The van der Waals surface area contributed by atoms with Crippen molar-refractivity contribution in [3.05, 3.63) is 76.9 Å². The van der Waals surface area contributed by atoms with Crippen molar-refractivity contribution in [1.29, 1.82) is 0 Å². The van der Waals surface area contributed by atoms with Crippen molar-refractivity contribution in [2.24, 2.45) is 0 Å². The van der Waals surface area contributed by atoms with Gasteiger partial charge in [0.2, 0.25) is 0 Å². The summed E-state index contributed by atoms with van der Waals surface area (Å²) >= 11 is 0. The summed E-state index contributed by atoms with van der Waals surface area (Å²) in [4.78, 5) is 0. The fraction of sp³-hybridized carbons (Fsp3) is 0.481. The van der Waals surface area contributed by atoms with E-state index in [4.69, 9.17) is 4.74 Å². The van der Waals surface area contributed by atoms with Gasteiger partial charge in [-0.2, -0.15) is 0 Å². The Balaban J connectivity index is 1.73. The molecule has 0 fully saturated rings. The minimum absolute atomic E-state index is 0.232. The molecule has 0 heterocycles. The van der Waals surface area contributed by atoms with Gasteiger partial charge in [0.1, 0.15) is 5.75 Å².